The molecule has 0 saturated carbocycles. The minimum Gasteiger partial charge on any atom is -0.465 e. The van der Waals surface area contributed by atoms with Gasteiger partial charge in [-0.15, -0.1) is 0 Å². The molecule has 1 aromatic heterocycles. The van der Waals surface area contributed by atoms with Gasteiger partial charge in [-0.25, -0.2) is 0 Å². The quantitative estimate of drug-likeness (QED) is 0.532. The predicted octanol–water partition coefficient (Wildman–Crippen LogP) is 5.39. The largest absolute Gasteiger partial charge is 0.465 e. The summed E-state index contributed by atoms with van der Waals surface area (Å²) in [7, 11) is -1.71. The topological polar surface area (TPSA) is 22.4 Å². The van der Waals surface area contributed by atoms with Crippen LogP contribution in [0.25, 0.3) is 6.08 Å². The highest BCUT2D eigenvalue weighted by Gasteiger charge is 2.37. The lowest BCUT2D eigenvalue weighted by Gasteiger charge is -2.36. The molecule has 0 aliphatic rings. The number of rotatable bonds is 5. The maximum absolute atomic E-state index is 6.21. The molecule has 0 spiro atoms. The molecule has 0 N–H and O–H groups in total. The van der Waals surface area contributed by atoms with Gasteiger partial charge in [-0.05, 0) is 37.2 Å². The predicted molar refractivity (Wildman–Crippen MR) is 84.5 cm³/mol. The van der Waals surface area contributed by atoms with Crippen LogP contribution in [-0.4, -0.2) is 8.32 Å². The third-order valence-corrected chi connectivity index (χ3v) is 8.17. The van der Waals surface area contributed by atoms with Crippen LogP contribution in [0.3, 0.4) is 0 Å². The van der Waals surface area contributed by atoms with Gasteiger partial charge >= 0.3 is 0 Å². The first-order valence-corrected chi connectivity index (χ1v) is 9.58. The van der Waals surface area contributed by atoms with Gasteiger partial charge in [-0.2, -0.15) is 0 Å². The summed E-state index contributed by atoms with van der Waals surface area (Å²) in [6.45, 7) is 17.7. The first kappa shape index (κ1) is 16.0. The fraction of sp³-hybridized carbons (Fsp3) is 0.500. The van der Waals surface area contributed by atoms with Crippen LogP contribution in [0.5, 0.6) is 0 Å². The summed E-state index contributed by atoms with van der Waals surface area (Å²) in [5, 5.41) is 0.227. The summed E-state index contributed by atoms with van der Waals surface area (Å²) >= 11 is 0. The van der Waals surface area contributed by atoms with Crippen molar-refractivity contribution < 1.29 is 8.84 Å². The van der Waals surface area contributed by atoms with Crippen LogP contribution in [0.2, 0.25) is 18.1 Å². The molecule has 106 valence electrons. The molecule has 0 atom stereocenters. The molecule has 0 aliphatic carbocycles. The Kier molecular flexibility index (Phi) is 4.99. The molecule has 0 aliphatic heterocycles. The van der Waals surface area contributed by atoms with E-state index in [4.69, 9.17) is 8.84 Å². The number of allylic oxidation sites excluding steroid dienone is 2. The maximum atomic E-state index is 6.21. The normalized spacial score (nSPS) is 13.2. The van der Waals surface area contributed by atoms with E-state index in [1.165, 1.54) is 0 Å². The van der Waals surface area contributed by atoms with Crippen molar-refractivity contribution >= 4 is 14.4 Å². The molecule has 1 rings (SSSR count). The Morgan fingerprint density at radius 2 is 2.05 bits per heavy atom. The fourth-order valence-corrected chi connectivity index (χ4v) is 2.25. The van der Waals surface area contributed by atoms with E-state index >= 15 is 0 Å². The van der Waals surface area contributed by atoms with Gasteiger partial charge in [0.15, 0.2) is 8.32 Å². The summed E-state index contributed by atoms with van der Waals surface area (Å²) in [4.78, 5) is 0. The van der Waals surface area contributed by atoms with Gasteiger partial charge < -0.3 is 8.84 Å². The van der Waals surface area contributed by atoms with Crippen LogP contribution in [0.1, 0.15) is 39.0 Å². The Balaban J connectivity index is 2.74. The lowest BCUT2D eigenvalue weighted by molar-refractivity contribution is 0.275. The first-order valence-electron chi connectivity index (χ1n) is 6.67. The summed E-state index contributed by atoms with van der Waals surface area (Å²) in [6, 6.07) is 1.98. The van der Waals surface area contributed by atoms with Crippen molar-refractivity contribution in [2.45, 2.75) is 52.4 Å². The Morgan fingerprint density at radius 3 is 2.58 bits per heavy atom. The number of furan rings is 1. The second-order valence-electron chi connectivity index (χ2n) is 6.54. The molecule has 0 aromatic carbocycles. The zero-order chi connectivity index (χ0) is 14.7. The van der Waals surface area contributed by atoms with Crippen LogP contribution in [-0.2, 0) is 11.0 Å². The number of hydrogen-bond donors (Lipinski definition) is 0. The highest BCUT2D eigenvalue weighted by atomic mass is 28.4. The fourth-order valence-electron chi connectivity index (χ4n) is 1.31. The standard InChI is InChI=1S/C16H26O2Si/c1-13(2)8-9-15-14(10-11-17-15)12-18-19(6,7)16(3,4)5/h8-11H,1,12H2,2-7H3/b9-8+. The molecule has 3 heteroatoms. The maximum Gasteiger partial charge on any atom is 0.192 e. The summed E-state index contributed by atoms with van der Waals surface area (Å²) in [5.74, 6) is 0.863. The Bertz CT molecular complexity index is 461. The van der Waals surface area contributed by atoms with Gasteiger partial charge in [0.1, 0.15) is 5.76 Å². The highest BCUT2D eigenvalue weighted by molar-refractivity contribution is 6.74. The minimum atomic E-state index is -1.71. The van der Waals surface area contributed by atoms with Gasteiger partial charge in [0, 0.05) is 5.56 Å². The average Bonchev–Trinajstić information content (AvgIpc) is 2.69. The van der Waals surface area contributed by atoms with Crippen LogP contribution in [0.15, 0.2) is 35.0 Å². The van der Waals surface area contributed by atoms with Crippen molar-refractivity contribution in [1.29, 1.82) is 0 Å². The van der Waals surface area contributed by atoms with Crippen molar-refractivity contribution in [3.05, 3.63) is 41.9 Å². The highest BCUT2D eigenvalue weighted by Crippen LogP contribution is 2.37. The van der Waals surface area contributed by atoms with E-state index in [0.29, 0.717) is 6.61 Å². The van der Waals surface area contributed by atoms with Crippen molar-refractivity contribution in [2.75, 3.05) is 0 Å². The molecule has 0 saturated heterocycles. The van der Waals surface area contributed by atoms with E-state index in [-0.39, 0.29) is 5.04 Å². The van der Waals surface area contributed by atoms with Gasteiger partial charge in [0.25, 0.3) is 0 Å². The average molecular weight is 278 g/mol. The van der Waals surface area contributed by atoms with Crippen LogP contribution in [0, 0.1) is 0 Å². The van der Waals surface area contributed by atoms with Crippen molar-refractivity contribution in [3.63, 3.8) is 0 Å². The monoisotopic (exact) mass is 278 g/mol. The molecule has 0 radical (unpaired) electrons. The van der Waals surface area contributed by atoms with E-state index in [0.717, 1.165) is 16.9 Å². The van der Waals surface area contributed by atoms with Gasteiger partial charge in [-0.3, -0.25) is 0 Å². The second-order valence-corrected chi connectivity index (χ2v) is 11.3. The van der Waals surface area contributed by atoms with Crippen LogP contribution >= 0.6 is 0 Å². The first-order chi connectivity index (χ1) is 8.63. The zero-order valence-electron chi connectivity index (χ0n) is 13.0. The molecule has 1 aromatic rings. The third kappa shape index (κ3) is 4.51. The van der Waals surface area contributed by atoms with Gasteiger partial charge in [0.2, 0.25) is 0 Å². The summed E-state index contributed by atoms with van der Waals surface area (Å²) < 4.78 is 11.7. The van der Waals surface area contributed by atoms with Crippen molar-refractivity contribution in [2.24, 2.45) is 0 Å². The van der Waals surface area contributed by atoms with Crippen molar-refractivity contribution in [1.82, 2.24) is 0 Å². The molecule has 0 amide bonds. The van der Waals surface area contributed by atoms with E-state index in [1.54, 1.807) is 6.26 Å². The molecular formula is C16H26O2Si. The van der Waals surface area contributed by atoms with E-state index in [9.17, 15) is 0 Å². The smallest absolute Gasteiger partial charge is 0.192 e. The lowest BCUT2D eigenvalue weighted by atomic mass is 10.2. The molecule has 0 fully saturated rings. The minimum absolute atomic E-state index is 0.227. The molecule has 1 heterocycles. The SMILES string of the molecule is C=C(C)/C=C/c1occc1CO[Si](C)(C)C(C)(C)C. The summed E-state index contributed by atoms with van der Waals surface area (Å²) in [5.41, 5.74) is 2.11. The van der Waals surface area contributed by atoms with Crippen LogP contribution < -0.4 is 0 Å². The van der Waals surface area contributed by atoms with Crippen molar-refractivity contribution in [3.8, 4) is 0 Å². The Morgan fingerprint density at radius 1 is 1.42 bits per heavy atom. The van der Waals surface area contributed by atoms with E-state index < -0.39 is 8.32 Å². The Hall–Kier alpha value is -1.06. The zero-order valence-corrected chi connectivity index (χ0v) is 14.0. The molecule has 19 heavy (non-hydrogen) atoms. The van der Waals surface area contributed by atoms with E-state index in [1.807, 2.05) is 25.1 Å². The molecule has 2 nitrogen and oxygen atoms in total. The summed E-state index contributed by atoms with van der Waals surface area (Å²) in [6.07, 6.45) is 5.61. The van der Waals surface area contributed by atoms with Gasteiger partial charge in [0.05, 0.1) is 12.9 Å². The molecule has 0 unspecified atom stereocenters. The Labute approximate surface area is 118 Å². The second kappa shape index (κ2) is 5.93. The lowest BCUT2D eigenvalue weighted by Crippen LogP contribution is -2.40. The molecular weight excluding hydrogens is 252 g/mol. The third-order valence-electron chi connectivity index (χ3n) is 3.69. The van der Waals surface area contributed by atoms with E-state index in [2.05, 4.69) is 40.4 Å². The number of hydrogen-bond acceptors (Lipinski definition) is 2. The van der Waals surface area contributed by atoms with Crippen LogP contribution in [0.4, 0.5) is 0 Å². The molecule has 0 bridgehead atoms. The van der Waals surface area contributed by atoms with Gasteiger partial charge in [-0.1, -0.05) is 39.0 Å².